The van der Waals surface area contributed by atoms with Gasteiger partial charge in [0.05, 0.1) is 16.5 Å². The van der Waals surface area contributed by atoms with Crippen molar-refractivity contribution in [2.45, 2.75) is 58.2 Å². The number of piperidine rings is 1. The van der Waals surface area contributed by atoms with E-state index in [2.05, 4.69) is 9.97 Å². The minimum absolute atomic E-state index is 0.00471. The number of carbonyl (C=O) groups excluding carboxylic acids is 3. The lowest BCUT2D eigenvalue weighted by molar-refractivity contribution is -0.134. The number of carbonyl (C=O) groups is 3. The van der Waals surface area contributed by atoms with E-state index in [-0.39, 0.29) is 36.8 Å². The second-order valence-corrected chi connectivity index (χ2v) is 9.96. The zero-order valence-electron chi connectivity index (χ0n) is 19.5. The van der Waals surface area contributed by atoms with Crippen LogP contribution in [0.4, 0.5) is 4.79 Å². The highest BCUT2D eigenvalue weighted by molar-refractivity contribution is 6.42. The Kier molecular flexibility index (Phi) is 8.49. The van der Waals surface area contributed by atoms with Crippen molar-refractivity contribution in [2.75, 3.05) is 13.1 Å². The van der Waals surface area contributed by atoms with E-state index >= 15 is 0 Å². The van der Waals surface area contributed by atoms with Crippen LogP contribution in [0.25, 0.3) is 0 Å². The van der Waals surface area contributed by atoms with Crippen molar-refractivity contribution in [2.24, 2.45) is 0 Å². The van der Waals surface area contributed by atoms with Crippen LogP contribution >= 0.6 is 23.2 Å². The van der Waals surface area contributed by atoms with Crippen LogP contribution < -0.4 is 0 Å². The number of aromatic nitrogens is 2. The summed E-state index contributed by atoms with van der Waals surface area (Å²) in [4.78, 5) is 49.5. The van der Waals surface area contributed by atoms with E-state index in [0.717, 1.165) is 5.56 Å². The van der Waals surface area contributed by atoms with E-state index in [9.17, 15) is 14.4 Å². The standard InChI is InChI=1S/C24H28Cl2N4O4/c1-24(2,3)34-23(33)29-11-7-17(8-12-29)30(15-16-5-6-18(25)19(26)13-16)21(32)14-20(31)22-27-9-4-10-28-22/h4-6,9-10,13,17H,7-8,11-12,14-15H2,1-3H3. The van der Waals surface area contributed by atoms with Gasteiger partial charge in [0.15, 0.2) is 5.82 Å². The fraction of sp³-hybridized carbons (Fsp3) is 0.458. The lowest BCUT2D eigenvalue weighted by Gasteiger charge is -2.39. The molecule has 1 saturated heterocycles. The predicted octanol–water partition coefficient (Wildman–Crippen LogP) is 4.78. The molecule has 3 rings (SSSR count). The first kappa shape index (κ1) is 25.9. The van der Waals surface area contributed by atoms with E-state index in [0.29, 0.717) is 36.0 Å². The van der Waals surface area contributed by atoms with Gasteiger partial charge in [-0.25, -0.2) is 14.8 Å². The molecule has 0 N–H and O–H groups in total. The normalized spacial score (nSPS) is 14.6. The maximum absolute atomic E-state index is 13.3. The van der Waals surface area contributed by atoms with Crippen LogP contribution in [0, 0.1) is 0 Å². The van der Waals surface area contributed by atoms with Gasteiger partial charge in [-0.1, -0.05) is 29.3 Å². The van der Waals surface area contributed by atoms with Gasteiger partial charge in [0.1, 0.15) is 5.60 Å². The van der Waals surface area contributed by atoms with Gasteiger partial charge in [-0.2, -0.15) is 0 Å². The number of hydrogen-bond donors (Lipinski definition) is 0. The summed E-state index contributed by atoms with van der Waals surface area (Å²) in [7, 11) is 0. The van der Waals surface area contributed by atoms with E-state index in [1.807, 2.05) is 20.8 Å². The largest absolute Gasteiger partial charge is 0.444 e. The third-order valence-electron chi connectivity index (χ3n) is 5.34. The number of rotatable bonds is 6. The van der Waals surface area contributed by atoms with Crippen LogP contribution in [-0.4, -0.2) is 62.3 Å². The van der Waals surface area contributed by atoms with Gasteiger partial charge in [-0.15, -0.1) is 0 Å². The number of benzene rings is 1. The van der Waals surface area contributed by atoms with E-state index in [1.165, 1.54) is 12.4 Å². The molecule has 10 heteroatoms. The molecule has 1 aliphatic heterocycles. The van der Waals surface area contributed by atoms with Crippen molar-refractivity contribution in [3.05, 3.63) is 58.1 Å². The molecular formula is C24H28Cl2N4O4. The third kappa shape index (κ3) is 7.14. The van der Waals surface area contributed by atoms with Crippen molar-refractivity contribution in [1.82, 2.24) is 19.8 Å². The highest BCUT2D eigenvalue weighted by atomic mass is 35.5. The van der Waals surface area contributed by atoms with Crippen LogP contribution in [0.5, 0.6) is 0 Å². The Morgan fingerprint density at radius 2 is 1.74 bits per heavy atom. The summed E-state index contributed by atoms with van der Waals surface area (Å²) in [6.07, 6.45) is 3.32. The third-order valence-corrected chi connectivity index (χ3v) is 6.08. The Balaban J connectivity index is 1.74. The topological polar surface area (TPSA) is 92.7 Å². The fourth-order valence-corrected chi connectivity index (χ4v) is 4.02. The zero-order valence-corrected chi connectivity index (χ0v) is 21.0. The average Bonchev–Trinajstić information content (AvgIpc) is 2.79. The second kappa shape index (κ2) is 11.1. The van der Waals surface area contributed by atoms with E-state index < -0.39 is 11.4 Å². The highest BCUT2D eigenvalue weighted by Gasteiger charge is 2.32. The maximum atomic E-state index is 13.3. The SMILES string of the molecule is CC(C)(C)OC(=O)N1CCC(N(Cc2ccc(Cl)c(Cl)c2)C(=O)CC(=O)c2ncccn2)CC1. The first-order chi connectivity index (χ1) is 16.0. The predicted molar refractivity (Wildman–Crippen MR) is 129 cm³/mol. The molecule has 34 heavy (non-hydrogen) atoms. The van der Waals surface area contributed by atoms with Crippen LogP contribution in [0.15, 0.2) is 36.7 Å². The molecule has 0 spiro atoms. The minimum atomic E-state index is -0.580. The summed E-state index contributed by atoms with van der Waals surface area (Å²) in [5, 5.41) is 0.811. The Bertz CT molecular complexity index is 1040. The number of ether oxygens (including phenoxy) is 1. The molecular weight excluding hydrogens is 479 g/mol. The number of amides is 2. The van der Waals surface area contributed by atoms with Gasteiger partial charge in [-0.05, 0) is 57.4 Å². The molecule has 8 nitrogen and oxygen atoms in total. The molecule has 1 aliphatic rings. The molecule has 2 heterocycles. The molecule has 1 fully saturated rings. The molecule has 182 valence electrons. The summed E-state index contributed by atoms with van der Waals surface area (Å²) in [6.45, 7) is 6.62. The van der Waals surface area contributed by atoms with Crippen molar-refractivity contribution in [3.63, 3.8) is 0 Å². The van der Waals surface area contributed by atoms with Crippen LogP contribution in [0.2, 0.25) is 10.0 Å². The van der Waals surface area contributed by atoms with Crippen LogP contribution in [-0.2, 0) is 16.1 Å². The monoisotopic (exact) mass is 506 g/mol. The molecule has 1 aromatic carbocycles. The smallest absolute Gasteiger partial charge is 0.410 e. The maximum Gasteiger partial charge on any atom is 0.410 e. The second-order valence-electron chi connectivity index (χ2n) is 9.14. The average molecular weight is 507 g/mol. The van der Waals surface area contributed by atoms with Gasteiger partial charge >= 0.3 is 6.09 Å². The number of halogens is 2. The number of likely N-dealkylation sites (tertiary alicyclic amines) is 1. The molecule has 0 unspecified atom stereocenters. The molecule has 0 saturated carbocycles. The van der Waals surface area contributed by atoms with Crippen molar-refractivity contribution in [1.29, 1.82) is 0 Å². The van der Waals surface area contributed by atoms with Crippen LogP contribution in [0.3, 0.4) is 0 Å². The van der Waals surface area contributed by atoms with Gasteiger partial charge in [0, 0.05) is 38.1 Å². The molecule has 0 aliphatic carbocycles. The summed E-state index contributed by atoms with van der Waals surface area (Å²) in [5.74, 6) is -0.778. The number of Topliss-reactive ketones (excluding diaryl/α,β-unsaturated/α-hetero) is 1. The molecule has 2 amide bonds. The quantitative estimate of drug-likeness (QED) is 0.413. The molecule has 0 radical (unpaired) electrons. The van der Waals surface area contributed by atoms with E-state index in [4.69, 9.17) is 27.9 Å². The van der Waals surface area contributed by atoms with Crippen molar-refractivity contribution in [3.8, 4) is 0 Å². The molecule has 1 aromatic heterocycles. The van der Waals surface area contributed by atoms with Gasteiger partial charge in [0.2, 0.25) is 11.7 Å². The van der Waals surface area contributed by atoms with Crippen molar-refractivity contribution < 1.29 is 19.1 Å². The lowest BCUT2D eigenvalue weighted by atomic mass is 10.0. The Labute approximate surface area is 209 Å². The summed E-state index contributed by atoms with van der Waals surface area (Å²) in [5.41, 5.74) is 0.213. The first-order valence-corrected chi connectivity index (χ1v) is 11.8. The fourth-order valence-electron chi connectivity index (χ4n) is 3.70. The Hall–Kier alpha value is -2.71. The van der Waals surface area contributed by atoms with Gasteiger partial charge in [0.25, 0.3) is 0 Å². The van der Waals surface area contributed by atoms with Gasteiger partial charge in [-0.3, -0.25) is 9.59 Å². The number of ketones is 1. The highest BCUT2D eigenvalue weighted by Crippen LogP contribution is 2.26. The summed E-state index contributed by atoms with van der Waals surface area (Å²) >= 11 is 12.2. The first-order valence-electron chi connectivity index (χ1n) is 11.0. The molecule has 0 atom stereocenters. The number of nitrogens with zero attached hydrogens (tertiary/aromatic N) is 4. The van der Waals surface area contributed by atoms with Gasteiger partial charge < -0.3 is 14.5 Å². The van der Waals surface area contributed by atoms with Crippen molar-refractivity contribution >= 4 is 41.0 Å². The molecule has 2 aromatic rings. The lowest BCUT2D eigenvalue weighted by Crippen LogP contribution is -2.49. The zero-order chi connectivity index (χ0) is 24.9. The summed E-state index contributed by atoms with van der Waals surface area (Å²) < 4.78 is 5.46. The Morgan fingerprint density at radius 1 is 1.09 bits per heavy atom. The number of hydrogen-bond acceptors (Lipinski definition) is 6. The van der Waals surface area contributed by atoms with E-state index in [1.54, 1.807) is 34.1 Å². The minimum Gasteiger partial charge on any atom is -0.444 e. The van der Waals surface area contributed by atoms with Crippen LogP contribution in [0.1, 0.15) is 56.2 Å². The Morgan fingerprint density at radius 3 is 2.32 bits per heavy atom. The molecule has 0 bridgehead atoms. The summed E-state index contributed by atoms with van der Waals surface area (Å²) in [6, 6.07) is 6.63.